The minimum Gasteiger partial charge on any atom is -0.300 e. The lowest BCUT2D eigenvalue weighted by Crippen LogP contribution is -2.40. The van der Waals surface area contributed by atoms with Crippen molar-refractivity contribution in [2.75, 3.05) is 13.1 Å². The van der Waals surface area contributed by atoms with Crippen molar-refractivity contribution in [3.8, 4) is 0 Å². The van der Waals surface area contributed by atoms with E-state index in [0.717, 1.165) is 12.0 Å². The molecule has 0 aromatic carbocycles. The number of rotatable bonds is 1. The summed E-state index contributed by atoms with van der Waals surface area (Å²) < 4.78 is 0. The smallest absolute Gasteiger partial charge is 0.00953 e. The van der Waals surface area contributed by atoms with E-state index in [-0.39, 0.29) is 0 Å². The molecule has 1 aliphatic heterocycles. The Kier molecular flexibility index (Phi) is 2.69. The van der Waals surface area contributed by atoms with Crippen LogP contribution >= 0.6 is 0 Å². The third kappa shape index (κ3) is 1.82. The fourth-order valence-electron chi connectivity index (χ4n) is 2.83. The van der Waals surface area contributed by atoms with Gasteiger partial charge in [-0.15, -0.1) is 0 Å². The number of likely N-dealkylation sites (tertiary alicyclic amines) is 1. The number of piperidine rings is 1. The second-order valence-electron chi connectivity index (χ2n) is 4.68. The van der Waals surface area contributed by atoms with Crippen LogP contribution in [0.15, 0.2) is 0 Å². The molecule has 12 heavy (non-hydrogen) atoms. The molecule has 1 aliphatic carbocycles. The summed E-state index contributed by atoms with van der Waals surface area (Å²) in [6.45, 7) is 5.17. The summed E-state index contributed by atoms with van der Waals surface area (Å²) in [5.41, 5.74) is 0. The Morgan fingerprint density at radius 2 is 1.75 bits per heavy atom. The minimum atomic E-state index is 0.958. The number of hydrogen-bond donors (Lipinski definition) is 0. The SMILES string of the molecule is C[C@H]1CCCN(C2CCCC2)C1. The van der Waals surface area contributed by atoms with E-state index >= 15 is 0 Å². The van der Waals surface area contributed by atoms with Crippen molar-refractivity contribution in [2.45, 2.75) is 51.5 Å². The van der Waals surface area contributed by atoms with Crippen molar-refractivity contribution >= 4 is 0 Å². The fourth-order valence-corrected chi connectivity index (χ4v) is 2.83. The van der Waals surface area contributed by atoms with Gasteiger partial charge in [0.05, 0.1) is 0 Å². The molecular weight excluding hydrogens is 146 g/mol. The Morgan fingerprint density at radius 3 is 2.42 bits per heavy atom. The van der Waals surface area contributed by atoms with Gasteiger partial charge >= 0.3 is 0 Å². The van der Waals surface area contributed by atoms with Crippen LogP contribution in [0.5, 0.6) is 0 Å². The molecule has 0 aromatic heterocycles. The lowest BCUT2D eigenvalue weighted by Gasteiger charge is -2.35. The second-order valence-corrected chi connectivity index (χ2v) is 4.68. The highest BCUT2D eigenvalue weighted by atomic mass is 15.2. The molecule has 1 saturated heterocycles. The van der Waals surface area contributed by atoms with Gasteiger partial charge in [0.1, 0.15) is 0 Å². The lowest BCUT2D eigenvalue weighted by atomic mass is 9.98. The predicted molar refractivity (Wildman–Crippen MR) is 52.2 cm³/mol. The largest absolute Gasteiger partial charge is 0.300 e. The zero-order valence-electron chi connectivity index (χ0n) is 8.26. The standard InChI is InChI=1S/C11H21N/c1-10-5-4-8-12(9-10)11-6-2-3-7-11/h10-11H,2-9H2,1H3/t10-/m0/s1. The molecule has 0 radical (unpaired) electrons. The lowest BCUT2D eigenvalue weighted by molar-refractivity contribution is 0.132. The summed E-state index contributed by atoms with van der Waals surface area (Å²) in [7, 11) is 0. The molecule has 2 aliphatic rings. The monoisotopic (exact) mass is 167 g/mol. The first-order valence-electron chi connectivity index (χ1n) is 5.60. The minimum absolute atomic E-state index is 0.958. The third-order valence-corrected chi connectivity index (χ3v) is 3.53. The van der Waals surface area contributed by atoms with Gasteiger partial charge in [-0.2, -0.15) is 0 Å². The molecule has 1 heteroatoms. The van der Waals surface area contributed by atoms with Crippen LogP contribution in [-0.4, -0.2) is 24.0 Å². The molecule has 1 saturated carbocycles. The topological polar surface area (TPSA) is 3.24 Å². The first-order chi connectivity index (χ1) is 5.86. The number of nitrogens with zero attached hydrogens (tertiary/aromatic N) is 1. The second kappa shape index (κ2) is 3.78. The first-order valence-corrected chi connectivity index (χ1v) is 5.60. The van der Waals surface area contributed by atoms with Gasteiger partial charge in [0.15, 0.2) is 0 Å². The average Bonchev–Trinajstić information content (AvgIpc) is 2.56. The van der Waals surface area contributed by atoms with E-state index in [4.69, 9.17) is 0 Å². The average molecular weight is 167 g/mol. The highest BCUT2D eigenvalue weighted by Crippen LogP contribution is 2.27. The maximum Gasteiger partial charge on any atom is 0.00953 e. The van der Waals surface area contributed by atoms with Gasteiger partial charge < -0.3 is 4.90 Å². The molecule has 2 rings (SSSR count). The van der Waals surface area contributed by atoms with Crippen molar-refractivity contribution < 1.29 is 0 Å². The van der Waals surface area contributed by atoms with Crippen LogP contribution in [0.25, 0.3) is 0 Å². The van der Waals surface area contributed by atoms with Crippen LogP contribution in [0.2, 0.25) is 0 Å². The predicted octanol–water partition coefficient (Wildman–Crippen LogP) is 2.66. The molecule has 0 aromatic rings. The van der Waals surface area contributed by atoms with Gasteiger partial charge in [-0.3, -0.25) is 0 Å². The van der Waals surface area contributed by atoms with Crippen LogP contribution < -0.4 is 0 Å². The van der Waals surface area contributed by atoms with Gasteiger partial charge in [-0.05, 0) is 38.1 Å². The zero-order chi connectivity index (χ0) is 8.39. The maximum absolute atomic E-state index is 2.75. The molecule has 1 heterocycles. The summed E-state index contributed by atoms with van der Waals surface area (Å²) in [5.74, 6) is 0.958. The van der Waals surface area contributed by atoms with Gasteiger partial charge in [0.25, 0.3) is 0 Å². The van der Waals surface area contributed by atoms with Crippen molar-refractivity contribution in [1.29, 1.82) is 0 Å². The van der Waals surface area contributed by atoms with Gasteiger partial charge in [-0.1, -0.05) is 19.8 Å². The number of hydrogen-bond acceptors (Lipinski definition) is 1. The molecule has 2 fully saturated rings. The van der Waals surface area contributed by atoms with Crippen LogP contribution in [0, 0.1) is 5.92 Å². The molecular formula is C11H21N. The normalized spacial score (nSPS) is 34.2. The fraction of sp³-hybridized carbons (Fsp3) is 1.00. The Hall–Kier alpha value is -0.0400. The first kappa shape index (κ1) is 8.55. The molecule has 0 spiro atoms. The Bertz CT molecular complexity index is 138. The molecule has 70 valence electrons. The van der Waals surface area contributed by atoms with Crippen LogP contribution in [0.4, 0.5) is 0 Å². The summed E-state index contributed by atoms with van der Waals surface area (Å²) in [6.07, 6.45) is 8.82. The highest BCUT2D eigenvalue weighted by molar-refractivity contribution is 4.81. The van der Waals surface area contributed by atoms with Crippen molar-refractivity contribution in [1.82, 2.24) is 4.90 Å². The molecule has 1 nitrogen and oxygen atoms in total. The van der Waals surface area contributed by atoms with Crippen LogP contribution in [0.3, 0.4) is 0 Å². The molecule has 1 atom stereocenters. The van der Waals surface area contributed by atoms with Crippen molar-refractivity contribution in [2.24, 2.45) is 5.92 Å². The Labute approximate surface area is 76.1 Å². The zero-order valence-corrected chi connectivity index (χ0v) is 8.26. The van der Waals surface area contributed by atoms with Gasteiger partial charge in [0, 0.05) is 12.6 Å². The quantitative estimate of drug-likeness (QED) is 0.580. The van der Waals surface area contributed by atoms with E-state index in [0.29, 0.717) is 0 Å². The Balaban J connectivity index is 1.85. The highest BCUT2D eigenvalue weighted by Gasteiger charge is 2.25. The summed E-state index contributed by atoms with van der Waals surface area (Å²) in [4.78, 5) is 2.75. The van der Waals surface area contributed by atoms with E-state index in [1.165, 1.54) is 51.6 Å². The summed E-state index contributed by atoms with van der Waals surface area (Å²) >= 11 is 0. The van der Waals surface area contributed by atoms with Crippen LogP contribution in [0.1, 0.15) is 45.4 Å². The summed E-state index contributed by atoms with van der Waals surface area (Å²) in [6, 6.07) is 0.966. The van der Waals surface area contributed by atoms with Crippen molar-refractivity contribution in [3.63, 3.8) is 0 Å². The van der Waals surface area contributed by atoms with Crippen molar-refractivity contribution in [3.05, 3.63) is 0 Å². The van der Waals surface area contributed by atoms with Gasteiger partial charge in [0.2, 0.25) is 0 Å². The van der Waals surface area contributed by atoms with E-state index < -0.39 is 0 Å². The molecule has 0 N–H and O–H groups in total. The van der Waals surface area contributed by atoms with E-state index in [2.05, 4.69) is 11.8 Å². The van der Waals surface area contributed by atoms with E-state index in [1.54, 1.807) is 0 Å². The van der Waals surface area contributed by atoms with Crippen LogP contribution in [-0.2, 0) is 0 Å². The molecule has 0 bridgehead atoms. The molecule has 0 amide bonds. The third-order valence-electron chi connectivity index (χ3n) is 3.53. The molecule has 0 unspecified atom stereocenters. The van der Waals surface area contributed by atoms with Gasteiger partial charge in [-0.25, -0.2) is 0 Å². The Morgan fingerprint density at radius 1 is 1.00 bits per heavy atom. The van der Waals surface area contributed by atoms with E-state index in [9.17, 15) is 0 Å². The summed E-state index contributed by atoms with van der Waals surface area (Å²) in [5, 5.41) is 0. The van der Waals surface area contributed by atoms with E-state index in [1.807, 2.05) is 0 Å². The maximum atomic E-state index is 2.75.